The highest BCUT2D eigenvalue weighted by atomic mass is 16.5. The van der Waals surface area contributed by atoms with Crippen LogP contribution in [0.4, 0.5) is 0 Å². The number of rotatable bonds is 4. The quantitative estimate of drug-likeness (QED) is 0.892. The molecule has 1 aromatic heterocycles. The summed E-state index contributed by atoms with van der Waals surface area (Å²) in [5.74, 6) is -0.353. The largest absolute Gasteiger partial charge is 0.493 e. The van der Waals surface area contributed by atoms with Crippen LogP contribution < -0.4 is 4.74 Å². The number of ether oxygens (including phenoxy) is 1. The molecule has 1 aromatic carbocycles. The van der Waals surface area contributed by atoms with Crippen molar-refractivity contribution in [3.05, 3.63) is 42.5 Å². The van der Waals surface area contributed by atoms with Gasteiger partial charge >= 0.3 is 5.97 Å². The number of aromatic nitrogens is 2. The second-order valence-electron chi connectivity index (χ2n) is 3.58. The minimum atomic E-state index is -0.976. The molecule has 0 bridgehead atoms. The molecule has 0 saturated heterocycles. The summed E-state index contributed by atoms with van der Waals surface area (Å²) in [4.78, 5) is 18.8. The second-order valence-corrected chi connectivity index (χ2v) is 3.58. The van der Waals surface area contributed by atoms with Crippen LogP contribution in [0.1, 0.15) is 17.3 Å². The lowest BCUT2D eigenvalue weighted by atomic mass is 10.0. The highest BCUT2D eigenvalue weighted by Gasteiger charge is 2.11. The Hall–Kier alpha value is -2.43. The van der Waals surface area contributed by atoms with Crippen molar-refractivity contribution in [3.63, 3.8) is 0 Å². The molecule has 0 amide bonds. The Morgan fingerprint density at radius 1 is 1.33 bits per heavy atom. The zero-order valence-electron chi connectivity index (χ0n) is 9.83. The Morgan fingerprint density at radius 3 is 2.67 bits per heavy atom. The first-order valence-electron chi connectivity index (χ1n) is 5.48. The van der Waals surface area contributed by atoms with Gasteiger partial charge in [0.25, 0.3) is 0 Å². The molecule has 2 rings (SSSR count). The zero-order chi connectivity index (χ0) is 13.0. The van der Waals surface area contributed by atoms with Gasteiger partial charge in [0.1, 0.15) is 12.1 Å². The lowest BCUT2D eigenvalue weighted by Crippen LogP contribution is -2.00. The van der Waals surface area contributed by atoms with Crippen molar-refractivity contribution < 1.29 is 14.6 Å². The number of benzene rings is 1. The first kappa shape index (κ1) is 12.0. The average molecular weight is 244 g/mol. The first-order valence-corrected chi connectivity index (χ1v) is 5.48. The topological polar surface area (TPSA) is 72.3 Å². The van der Waals surface area contributed by atoms with Crippen LogP contribution in [0.5, 0.6) is 5.75 Å². The lowest BCUT2D eigenvalue weighted by Gasteiger charge is -2.10. The summed E-state index contributed by atoms with van der Waals surface area (Å²) < 4.78 is 5.48. The third-order valence-electron chi connectivity index (χ3n) is 2.40. The predicted octanol–water partition coefficient (Wildman–Crippen LogP) is 2.24. The molecular formula is C13H12N2O3. The molecule has 0 radical (unpaired) electrons. The summed E-state index contributed by atoms with van der Waals surface area (Å²) in [5.41, 5.74) is 1.61. The molecule has 0 aliphatic carbocycles. The van der Waals surface area contributed by atoms with Crippen molar-refractivity contribution in [1.82, 2.24) is 9.97 Å². The number of aromatic carboxylic acids is 1. The van der Waals surface area contributed by atoms with Crippen LogP contribution >= 0.6 is 0 Å². The third-order valence-corrected chi connectivity index (χ3v) is 2.40. The standard InChI is InChI=1S/C13H12N2O3/c1-2-18-12-4-3-9(13(16)17)5-11(12)10-6-14-8-15-7-10/h3-8H,2H2,1H3,(H,16,17). The van der Waals surface area contributed by atoms with Crippen LogP contribution in [-0.2, 0) is 0 Å². The van der Waals surface area contributed by atoms with Gasteiger partial charge in [0, 0.05) is 23.5 Å². The fourth-order valence-electron chi connectivity index (χ4n) is 1.61. The molecule has 18 heavy (non-hydrogen) atoms. The van der Waals surface area contributed by atoms with E-state index in [1.165, 1.54) is 12.4 Å². The molecule has 0 unspecified atom stereocenters. The third kappa shape index (κ3) is 2.45. The minimum absolute atomic E-state index is 0.206. The SMILES string of the molecule is CCOc1ccc(C(=O)O)cc1-c1cncnc1. The van der Waals surface area contributed by atoms with Gasteiger partial charge in [-0.05, 0) is 25.1 Å². The molecule has 2 aromatic rings. The molecule has 1 heterocycles. The van der Waals surface area contributed by atoms with E-state index >= 15 is 0 Å². The number of hydrogen-bond acceptors (Lipinski definition) is 4. The normalized spacial score (nSPS) is 10.1. The van der Waals surface area contributed by atoms with E-state index in [4.69, 9.17) is 9.84 Å². The molecular weight excluding hydrogens is 232 g/mol. The van der Waals surface area contributed by atoms with E-state index in [0.29, 0.717) is 17.9 Å². The highest BCUT2D eigenvalue weighted by Crippen LogP contribution is 2.30. The Morgan fingerprint density at radius 2 is 2.06 bits per heavy atom. The van der Waals surface area contributed by atoms with Crippen molar-refractivity contribution in [3.8, 4) is 16.9 Å². The molecule has 0 aliphatic heterocycles. The zero-order valence-corrected chi connectivity index (χ0v) is 9.83. The molecule has 0 spiro atoms. The summed E-state index contributed by atoms with van der Waals surface area (Å²) >= 11 is 0. The van der Waals surface area contributed by atoms with Gasteiger partial charge in [-0.15, -0.1) is 0 Å². The van der Waals surface area contributed by atoms with E-state index < -0.39 is 5.97 Å². The highest BCUT2D eigenvalue weighted by molar-refractivity contribution is 5.90. The van der Waals surface area contributed by atoms with Gasteiger partial charge in [-0.2, -0.15) is 0 Å². The average Bonchev–Trinajstić information content (AvgIpc) is 2.40. The van der Waals surface area contributed by atoms with Crippen molar-refractivity contribution in [2.45, 2.75) is 6.92 Å². The fraction of sp³-hybridized carbons (Fsp3) is 0.154. The van der Waals surface area contributed by atoms with E-state index in [1.807, 2.05) is 6.92 Å². The van der Waals surface area contributed by atoms with E-state index in [1.54, 1.807) is 24.5 Å². The van der Waals surface area contributed by atoms with Crippen molar-refractivity contribution >= 4 is 5.97 Å². The van der Waals surface area contributed by atoms with Crippen molar-refractivity contribution in [1.29, 1.82) is 0 Å². The van der Waals surface area contributed by atoms with E-state index in [-0.39, 0.29) is 5.56 Å². The van der Waals surface area contributed by atoms with Gasteiger partial charge in [-0.25, -0.2) is 14.8 Å². The van der Waals surface area contributed by atoms with Crippen molar-refractivity contribution in [2.24, 2.45) is 0 Å². The Bertz CT molecular complexity index is 555. The van der Waals surface area contributed by atoms with E-state index in [0.717, 1.165) is 5.56 Å². The minimum Gasteiger partial charge on any atom is -0.493 e. The van der Waals surface area contributed by atoms with Gasteiger partial charge < -0.3 is 9.84 Å². The van der Waals surface area contributed by atoms with E-state index in [2.05, 4.69) is 9.97 Å². The van der Waals surface area contributed by atoms with Crippen LogP contribution in [0.15, 0.2) is 36.9 Å². The number of carboxylic acid groups (broad SMARTS) is 1. The number of nitrogens with zero attached hydrogens (tertiary/aromatic N) is 2. The molecule has 5 heteroatoms. The maximum atomic E-state index is 11.0. The molecule has 0 fully saturated rings. The van der Waals surface area contributed by atoms with Crippen LogP contribution in [0.25, 0.3) is 11.1 Å². The molecule has 0 aliphatic rings. The first-order chi connectivity index (χ1) is 8.72. The summed E-state index contributed by atoms with van der Waals surface area (Å²) in [6.07, 6.45) is 4.66. The van der Waals surface area contributed by atoms with Gasteiger partial charge in [-0.1, -0.05) is 0 Å². The molecule has 5 nitrogen and oxygen atoms in total. The summed E-state index contributed by atoms with van der Waals surface area (Å²) in [7, 11) is 0. The Balaban J connectivity index is 2.54. The summed E-state index contributed by atoms with van der Waals surface area (Å²) in [5, 5.41) is 9.00. The Labute approximate surface area is 104 Å². The fourth-order valence-corrected chi connectivity index (χ4v) is 1.61. The molecule has 0 atom stereocenters. The van der Waals surface area contributed by atoms with Crippen LogP contribution in [-0.4, -0.2) is 27.7 Å². The van der Waals surface area contributed by atoms with Gasteiger partial charge in [0.15, 0.2) is 0 Å². The second kappa shape index (κ2) is 5.27. The number of carboxylic acids is 1. The van der Waals surface area contributed by atoms with E-state index in [9.17, 15) is 4.79 Å². The molecule has 1 N–H and O–H groups in total. The molecule has 92 valence electrons. The van der Waals surface area contributed by atoms with Crippen LogP contribution in [0, 0.1) is 0 Å². The van der Waals surface area contributed by atoms with Crippen LogP contribution in [0.3, 0.4) is 0 Å². The predicted molar refractivity (Wildman–Crippen MR) is 65.6 cm³/mol. The maximum Gasteiger partial charge on any atom is 0.335 e. The van der Waals surface area contributed by atoms with Gasteiger partial charge in [0.2, 0.25) is 0 Å². The van der Waals surface area contributed by atoms with Crippen LogP contribution in [0.2, 0.25) is 0 Å². The Kier molecular flexibility index (Phi) is 3.52. The number of hydrogen-bond donors (Lipinski definition) is 1. The monoisotopic (exact) mass is 244 g/mol. The number of carbonyl (C=O) groups is 1. The summed E-state index contributed by atoms with van der Waals surface area (Å²) in [6.45, 7) is 2.38. The maximum absolute atomic E-state index is 11.0. The molecule has 0 saturated carbocycles. The van der Waals surface area contributed by atoms with Gasteiger partial charge in [-0.3, -0.25) is 0 Å². The van der Waals surface area contributed by atoms with Crippen molar-refractivity contribution in [2.75, 3.05) is 6.61 Å². The smallest absolute Gasteiger partial charge is 0.335 e. The lowest BCUT2D eigenvalue weighted by molar-refractivity contribution is 0.0697. The van der Waals surface area contributed by atoms with Gasteiger partial charge in [0.05, 0.1) is 12.2 Å². The summed E-state index contributed by atoms with van der Waals surface area (Å²) in [6, 6.07) is 4.72.